The van der Waals surface area contributed by atoms with Crippen molar-refractivity contribution in [3.05, 3.63) is 35.9 Å². The van der Waals surface area contributed by atoms with Crippen LogP contribution in [0.15, 0.2) is 30.3 Å². The molecule has 0 unspecified atom stereocenters. The minimum atomic E-state index is -0.401. The fraction of sp³-hybridized carbons (Fsp3) is 0.562. The van der Waals surface area contributed by atoms with Crippen molar-refractivity contribution in [2.45, 2.75) is 24.5 Å². The summed E-state index contributed by atoms with van der Waals surface area (Å²) in [4.78, 5) is 12.5. The van der Waals surface area contributed by atoms with E-state index in [1.54, 1.807) is 0 Å². The maximum Gasteiger partial charge on any atom is 0.251 e. The summed E-state index contributed by atoms with van der Waals surface area (Å²) in [5.74, 6) is -0.0343. The molecule has 0 bridgehead atoms. The number of hydrogen-bond acceptors (Lipinski definition) is 4. The molecule has 0 aliphatic carbocycles. The topological polar surface area (TPSA) is 59.6 Å². The molecule has 2 heterocycles. The number of carbonyl (C=O) groups excluding carboxylic acids is 1. The van der Waals surface area contributed by atoms with Crippen molar-refractivity contribution in [1.82, 2.24) is 10.6 Å². The Kier molecular flexibility index (Phi) is 4.53. The van der Waals surface area contributed by atoms with E-state index in [-0.39, 0.29) is 11.4 Å². The van der Waals surface area contributed by atoms with E-state index in [9.17, 15) is 4.79 Å². The van der Waals surface area contributed by atoms with Crippen LogP contribution in [0.2, 0.25) is 0 Å². The smallest absolute Gasteiger partial charge is 0.251 e. The lowest BCUT2D eigenvalue weighted by molar-refractivity contribution is -0.137. The van der Waals surface area contributed by atoms with Crippen molar-refractivity contribution in [3.8, 4) is 0 Å². The van der Waals surface area contributed by atoms with Crippen LogP contribution in [0.1, 0.15) is 18.4 Å². The Morgan fingerprint density at radius 3 is 2.62 bits per heavy atom. The van der Waals surface area contributed by atoms with E-state index in [0.29, 0.717) is 26.4 Å². The number of morpholine rings is 1. The van der Waals surface area contributed by atoms with Gasteiger partial charge in [0, 0.05) is 26.3 Å². The van der Waals surface area contributed by atoms with Crippen molar-refractivity contribution < 1.29 is 14.3 Å². The standard InChI is InChI=1S/C16H22N2O3/c19-15(14-12-17-8-11-21-14)18-16(6-9-20-10-7-16)13-4-2-1-3-5-13/h1-5,14,17H,6-12H2,(H,18,19)/t14-/m1/s1. The second-order valence-corrected chi connectivity index (χ2v) is 5.61. The van der Waals surface area contributed by atoms with E-state index >= 15 is 0 Å². The van der Waals surface area contributed by atoms with Gasteiger partial charge in [-0.25, -0.2) is 0 Å². The van der Waals surface area contributed by atoms with Crippen LogP contribution in [0.25, 0.3) is 0 Å². The number of ether oxygens (including phenoxy) is 2. The van der Waals surface area contributed by atoms with E-state index in [2.05, 4.69) is 22.8 Å². The molecular formula is C16H22N2O3. The normalized spacial score (nSPS) is 25.2. The molecular weight excluding hydrogens is 268 g/mol. The number of amides is 1. The van der Waals surface area contributed by atoms with Crippen LogP contribution in [0.4, 0.5) is 0 Å². The quantitative estimate of drug-likeness (QED) is 0.864. The molecule has 0 saturated carbocycles. The Bertz CT molecular complexity index is 466. The molecule has 2 N–H and O–H groups in total. The molecule has 114 valence electrons. The summed E-state index contributed by atoms with van der Waals surface area (Å²) in [5.41, 5.74) is 0.808. The van der Waals surface area contributed by atoms with Gasteiger partial charge in [0.05, 0.1) is 12.1 Å². The average molecular weight is 290 g/mol. The third-order valence-corrected chi connectivity index (χ3v) is 4.26. The molecule has 0 aromatic heterocycles. The van der Waals surface area contributed by atoms with E-state index < -0.39 is 6.10 Å². The number of hydrogen-bond donors (Lipinski definition) is 2. The first-order valence-electron chi connectivity index (χ1n) is 7.58. The fourth-order valence-electron chi connectivity index (χ4n) is 3.01. The fourth-order valence-corrected chi connectivity index (χ4v) is 3.01. The molecule has 2 saturated heterocycles. The summed E-state index contributed by atoms with van der Waals surface area (Å²) >= 11 is 0. The summed E-state index contributed by atoms with van der Waals surface area (Å²) < 4.78 is 11.0. The van der Waals surface area contributed by atoms with Crippen LogP contribution in [0.3, 0.4) is 0 Å². The highest BCUT2D eigenvalue weighted by Crippen LogP contribution is 2.32. The zero-order valence-electron chi connectivity index (χ0n) is 12.1. The summed E-state index contributed by atoms with van der Waals surface area (Å²) in [7, 11) is 0. The maximum atomic E-state index is 12.5. The van der Waals surface area contributed by atoms with Crippen molar-refractivity contribution in [1.29, 1.82) is 0 Å². The van der Waals surface area contributed by atoms with Crippen LogP contribution in [-0.4, -0.2) is 44.9 Å². The summed E-state index contributed by atoms with van der Waals surface area (Å²) in [6, 6.07) is 10.2. The molecule has 0 spiro atoms. The van der Waals surface area contributed by atoms with Gasteiger partial charge in [-0.15, -0.1) is 0 Å². The van der Waals surface area contributed by atoms with Crippen molar-refractivity contribution in [2.24, 2.45) is 0 Å². The molecule has 3 rings (SSSR count). The largest absolute Gasteiger partial charge is 0.381 e. The van der Waals surface area contributed by atoms with Gasteiger partial charge < -0.3 is 20.1 Å². The minimum absolute atomic E-state index is 0.0343. The van der Waals surface area contributed by atoms with Gasteiger partial charge in [0.2, 0.25) is 0 Å². The highest BCUT2D eigenvalue weighted by atomic mass is 16.5. The Morgan fingerprint density at radius 1 is 1.19 bits per heavy atom. The van der Waals surface area contributed by atoms with Gasteiger partial charge in [-0.05, 0) is 18.4 Å². The Morgan fingerprint density at radius 2 is 1.95 bits per heavy atom. The lowest BCUT2D eigenvalue weighted by atomic mass is 9.82. The molecule has 1 aromatic rings. The number of benzene rings is 1. The van der Waals surface area contributed by atoms with Gasteiger partial charge >= 0.3 is 0 Å². The number of rotatable bonds is 3. The van der Waals surface area contributed by atoms with Crippen LogP contribution in [0.5, 0.6) is 0 Å². The lowest BCUT2D eigenvalue weighted by Crippen LogP contribution is -2.56. The highest BCUT2D eigenvalue weighted by Gasteiger charge is 2.37. The van der Waals surface area contributed by atoms with Gasteiger partial charge in [-0.3, -0.25) is 4.79 Å². The molecule has 2 aliphatic rings. The van der Waals surface area contributed by atoms with Gasteiger partial charge in [0.1, 0.15) is 6.10 Å². The van der Waals surface area contributed by atoms with Crippen LogP contribution in [0, 0.1) is 0 Å². The van der Waals surface area contributed by atoms with Crippen LogP contribution in [-0.2, 0) is 19.8 Å². The van der Waals surface area contributed by atoms with E-state index in [1.165, 1.54) is 0 Å². The third kappa shape index (κ3) is 3.26. The van der Waals surface area contributed by atoms with Gasteiger partial charge in [0.25, 0.3) is 5.91 Å². The highest BCUT2D eigenvalue weighted by molar-refractivity contribution is 5.82. The molecule has 0 radical (unpaired) electrons. The molecule has 1 aromatic carbocycles. The molecule has 2 fully saturated rings. The first kappa shape index (κ1) is 14.5. The molecule has 1 atom stereocenters. The predicted molar refractivity (Wildman–Crippen MR) is 78.9 cm³/mol. The first-order valence-corrected chi connectivity index (χ1v) is 7.58. The minimum Gasteiger partial charge on any atom is -0.381 e. The monoisotopic (exact) mass is 290 g/mol. The molecule has 21 heavy (non-hydrogen) atoms. The van der Waals surface area contributed by atoms with Crippen molar-refractivity contribution in [2.75, 3.05) is 32.9 Å². The molecule has 2 aliphatic heterocycles. The second-order valence-electron chi connectivity index (χ2n) is 5.61. The molecule has 5 nitrogen and oxygen atoms in total. The Labute approximate surface area is 125 Å². The first-order chi connectivity index (χ1) is 10.3. The van der Waals surface area contributed by atoms with Crippen LogP contribution >= 0.6 is 0 Å². The summed E-state index contributed by atoms with van der Waals surface area (Å²) in [6.07, 6.45) is 1.19. The van der Waals surface area contributed by atoms with E-state index in [0.717, 1.165) is 24.9 Å². The SMILES string of the molecule is O=C(NC1(c2ccccc2)CCOCC1)[C@H]1CNCCO1. The van der Waals surface area contributed by atoms with Crippen molar-refractivity contribution in [3.63, 3.8) is 0 Å². The van der Waals surface area contributed by atoms with Gasteiger partial charge in [0.15, 0.2) is 0 Å². The van der Waals surface area contributed by atoms with E-state index in [4.69, 9.17) is 9.47 Å². The predicted octanol–water partition coefficient (Wildman–Crippen LogP) is 0.797. The average Bonchev–Trinajstić information content (AvgIpc) is 2.57. The Balaban J connectivity index is 1.77. The second kappa shape index (κ2) is 6.56. The number of carbonyl (C=O) groups is 1. The lowest BCUT2D eigenvalue weighted by Gasteiger charge is -2.39. The van der Waals surface area contributed by atoms with Crippen molar-refractivity contribution >= 4 is 5.91 Å². The zero-order chi connectivity index (χ0) is 14.5. The molecule has 5 heteroatoms. The third-order valence-electron chi connectivity index (χ3n) is 4.26. The Hall–Kier alpha value is -1.43. The summed E-state index contributed by atoms with van der Waals surface area (Å²) in [5, 5.41) is 6.43. The van der Waals surface area contributed by atoms with Gasteiger partial charge in [-0.2, -0.15) is 0 Å². The summed E-state index contributed by atoms with van der Waals surface area (Å²) in [6.45, 7) is 3.30. The maximum absolute atomic E-state index is 12.5. The number of nitrogens with one attached hydrogen (secondary N) is 2. The molecule has 1 amide bonds. The van der Waals surface area contributed by atoms with Gasteiger partial charge in [-0.1, -0.05) is 30.3 Å². The van der Waals surface area contributed by atoms with E-state index in [1.807, 2.05) is 18.2 Å². The zero-order valence-corrected chi connectivity index (χ0v) is 12.1. The van der Waals surface area contributed by atoms with Crippen LogP contribution < -0.4 is 10.6 Å².